The van der Waals surface area contributed by atoms with Crippen molar-refractivity contribution in [1.29, 1.82) is 0 Å². The van der Waals surface area contributed by atoms with Crippen LogP contribution in [0.4, 0.5) is 5.69 Å². The number of rotatable bonds is 6. The molecule has 2 aromatic heterocycles. The minimum Gasteiger partial charge on any atom is -0.481 e. The fourth-order valence-electron chi connectivity index (χ4n) is 2.35. The van der Waals surface area contributed by atoms with E-state index < -0.39 is 10.8 Å². The topological polar surface area (TPSA) is 112 Å². The first kappa shape index (κ1) is 17.1. The van der Waals surface area contributed by atoms with Gasteiger partial charge in [0.2, 0.25) is 5.88 Å². The summed E-state index contributed by atoms with van der Waals surface area (Å²) in [5.74, 6) is 0.0619. The molecule has 0 aliphatic rings. The van der Waals surface area contributed by atoms with Crippen molar-refractivity contribution in [2.75, 3.05) is 7.11 Å². The minimum atomic E-state index is -0.528. The number of benzene rings is 1. The van der Waals surface area contributed by atoms with Crippen molar-refractivity contribution >= 4 is 11.6 Å². The fourth-order valence-corrected chi connectivity index (χ4v) is 2.35. The molecule has 0 bridgehead atoms. The van der Waals surface area contributed by atoms with Crippen molar-refractivity contribution in [2.24, 2.45) is 0 Å². The van der Waals surface area contributed by atoms with Crippen molar-refractivity contribution in [3.63, 3.8) is 0 Å². The molecule has 0 unspecified atom stereocenters. The van der Waals surface area contributed by atoms with Crippen LogP contribution in [0.5, 0.6) is 5.88 Å². The van der Waals surface area contributed by atoms with Crippen LogP contribution in [-0.4, -0.2) is 32.5 Å². The number of pyridine rings is 1. The Hall–Kier alpha value is -3.75. The van der Waals surface area contributed by atoms with Crippen LogP contribution in [0.15, 0.2) is 55.2 Å². The summed E-state index contributed by atoms with van der Waals surface area (Å²) in [6.07, 6.45) is 6.16. The van der Waals surface area contributed by atoms with Gasteiger partial charge in [0.15, 0.2) is 0 Å². The fraction of sp³-hybridized carbons (Fsp3) is 0.118. The van der Waals surface area contributed by atoms with Gasteiger partial charge >= 0.3 is 0 Å². The molecule has 3 rings (SSSR count). The molecule has 0 aliphatic carbocycles. The minimum absolute atomic E-state index is 0.179. The van der Waals surface area contributed by atoms with Gasteiger partial charge in [-0.3, -0.25) is 14.9 Å². The molecule has 2 heterocycles. The lowest BCUT2D eigenvalue weighted by molar-refractivity contribution is -0.384. The van der Waals surface area contributed by atoms with E-state index in [-0.39, 0.29) is 17.8 Å². The van der Waals surface area contributed by atoms with E-state index in [1.165, 1.54) is 42.4 Å². The summed E-state index contributed by atoms with van der Waals surface area (Å²) in [4.78, 5) is 31.1. The summed E-state index contributed by atoms with van der Waals surface area (Å²) < 4.78 is 6.49. The third-order valence-corrected chi connectivity index (χ3v) is 3.68. The summed E-state index contributed by atoms with van der Waals surface area (Å²) >= 11 is 0. The maximum absolute atomic E-state index is 12.3. The van der Waals surface area contributed by atoms with Crippen LogP contribution in [0, 0.1) is 10.1 Å². The summed E-state index contributed by atoms with van der Waals surface area (Å²) in [6, 6.07) is 7.76. The first-order valence-corrected chi connectivity index (χ1v) is 7.62. The number of hydrogen-bond acceptors (Lipinski definition) is 6. The lowest BCUT2D eigenvalue weighted by Gasteiger charge is -2.08. The molecule has 0 fully saturated rings. The third kappa shape index (κ3) is 3.66. The molecule has 0 radical (unpaired) electrons. The van der Waals surface area contributed by atoms with Gasteiger partial charge in [0.1, 0.15) is 5.69 Å². The maximum Gasteiger partial charge on any atom is 0.294 e. The Morgan fingerprint density at radius 3 is 2.81 bits per heavy atom. The lowest BCUT2D eigenvalue weighted by atomic mass is 10.1. The van der Waals surface area contributed by atoms with Crippen LogP contribution in [0.2, 0.25) is 0 Å². The number of ether oxygens (including phenoxy) is 1. The average Bonchev–Trinajstić information content (AvgIpc) is 3.20. The second-order valence-electron chi connectivity index (χ2n) is 5.32. The van der Waals surface area contributed by atoms with Gasteiger partial charge in [-0.15, -0.1) is 0 Å². The van der Waals surface area contributed by atoms with Crippen molar-refractivity contribution in [3.05, 3.63) is 76.5 Å². The number of imidazole rings is 1. The number of aromatic nitrogens is 3. The van der Waals surface area contributed by atoms with Gasteiger partial charge in [-0.2, -0.15) is 0 Å². The van der Waals surface area contributed by atoms with Crippen LogP contribution in [0.1, 0.15) is 15.9 Å². The number of amides is 1. The van der Waals surface area contributed by atoms with Gasteiger partial charge in [0, 0.05) is 42.8 Å². The maximum atomic E-state index is 12.3. The largest absolute Gasteiger partial charge is 0.481 e. The highest BCUT2D eigenvalue weighted by Crippen LogP contribution is 2.24. The lowest BCUT2D eigenvalue weighted by Crippen LogP contribution is -2.23. The summed E-state index contributed by atoms with van der Waals surface area (Å²) in [6.45, 7) is 0.243. The molecule has 1 amide bonds. The number of nitrogens with one attached hydrogen (secondary N) is 1. The van der Waals surface area contributed by atoms with Gasteiger partial charge in [-0.25, -0.2) is 9.97 Å². The number of hydrogen-bond donors (Lipinski definition) is 1. The summed E-state index contributed by atoms with van der Waals surface area (Å²) in [5.41, 5.74) is 1.14. The predicted molar refractivity (Wildman–Crippen MR) is 92.2 cm³/mol. The number of nitrogens with zero attached hydrogens (tertiary/aromatic N) is 4. The van der Waals surface area contributed by atoms with Crippen molar-refractivity contribution in [1.82, 2.24) is 19.9 Å². The normalized spacial score (nSPS) is 10.3. The second kappa shape index (κ2) is 7.43. The van der Waals surface area contributed by atoms with Gasteiger partial charge in [-0.1, -0.05) is 6.07 Å². The number of nitro benzene ring substituents is 1. The summed E-state index contributed by atoms with van der Waals surface area (Å²) in [7, 11) is 1.52. The molecule has 132 valence electrons. The highest BCUT2D eigenvalue weighted by atomic mass is 16.6. The monoisotopic (exact) mass is 353 g/mol. The van der Waals surface area contributed by atoms with Crippen LogP contribution in [-0.2, 0) is 6.54 Å². The molecular formula is C17H15N5O4. The van der Waals surface area contributed by atoms with Crippen LogP contribution < -0.4 is 10.1 Å². The SMILES string of the molecule is COc1ccc(CNC(=O)c2ccc(-n3ccnc3)c([N+](=O)[O-])c2)cn1. The molecular weight excluding hydrogens is 338 g/mol. The summed E-state index contributed by atoms with van der Waals surface area (Å²) in [5, 5.41) is 14.1. The Kier molecular flexibility index (Phi) is 4.88. The van der Waals surface area contributed by atoms with Crippen LogP contribution >= 0.6 is 0 Å². The van der Waals surface area contributed by atoms with Gasteiger partial charge in [0.05, 0.1) is 18.4 Å². The molecule has 9 nitrogen and oxygen atoms in total. The average molecular weight is 353 g/mol. The van der Waals surface area contributed by atoms with E-state index in [4.69, 9.17) is 4.74 Å². The molecule has 0 saturated heterocycles. The predicted octanol–water partition coefficient (Wildman–Crippen LogP) is 2.11. The zero-order valence-electron chi connectivity index (χ0n) is 13.8. The first-order chi connectivity index (χ1) is 12.6. The molecule has 0 aliphatic heterocycles. The van der Waals surface area contributed by atoms with E-state index in [1.807, 2.05) is 0 Å². The Balaban J connectivity index is 1.76. The van der Waals surface area contributed by atoms with E-state index in [0.717, 1.165) is 5.56 Å². The Morgan fingerprint density at radius 1 is 1.35 bits per heavy atom. The first-order valence-electron chi connectivity index (χ1n) is 7.62. The quantitative estimate of drug-likeness (QED) is 0.536. The van der Waals surface area contributed by atoms with E-state index >= 15 is 0 Å². The molecule has 3 aromatic rings. The zero-order valence-corrected chi connectivity index (χ0v) is 13.8. The van der Waals surface area contributed by atoms with E-state index in [1.54, 1.807) is 24.5 Å². The Labute approximate surface area is 148 Å². The van der Waals surface area contributed by atoms with E-state index in [2.05, 4.69) is 15.3 Å². The molecule has 1 N–H and O–H groups in total. The smallest absolute Gasteiger partial charge is 0.294 e. The van der Waals surface area contributed by atoms with Crippen LogP contribution in [0.25, 0.3) is 5.69 Å². The number of nitro groups is 1. The van der Waals surface area contributed by atoms with Gasteiger partial charge in [0.25, 0.3) is 11.6 Å². The Morgan fingerprint density at radius 2 is 2.19 bits per heavy atom. The molecule has 9 heteroatoms. The van der Waals surface area contributed by atoms with Crippen molar-refractivity contribution in [2.45, 2.75) is 6.54 Å². The highest BCUT2D eigenvalue weighted by Gasteiger charge is 2.18. The second-order valence-corrected chi connectivity index (χ2v) is 5.32. The standard InChI is InChI=1S/C17H15N5O4/c1-26-16-5-2-12(9-19-16)10-20-17(23)13-3-4-14(15(8-13)22(24)25)21-7-6-18-11-21/h2-9,11H,10H2,1H3,(H,20,23). The van der Waals surface area contributed by atoms with E-state index in [0.29, 0.717) is 11.6 Å². The van der Waals surface area contributed by atoms with Crippen LogP contribution in [0.3, 0.4) is 0 Å². The van der Waals surface area contributed by atoms with Gasteiger partial charge < -0.3 is 14.6 Å². The molecule has 0 saturated carbocycles. The number of carbonyl (C=O) groups excluding carboxylic acids is 1. The zero-order chi connectivity index (χ0) is 18.5. The molecule has 0 spiro atoms. The van der Waals surface area contributed by atoms with Crippen molar-refractivity contribution in [3.8, 4) is 11.6 Å². The molecule has 0 atom stereocenters. The molecule has 26 heavy (non-hydrogen) atoms. The number of methoxy groups -OCH3 is 1. The number of carbonyl (C=O) groups is 1. The Bertz CT molecular complexity index is 923. The van der Waals surface area contributed by atoms with Crippen molar-refractivity contribution < 1.29 is 14.5 Å². The molecule has 1 aromatic carbocycles. The van der Waals surface area contributed by atoms with Gasteiger partial charge in [-0.05, 0) is 17.7 Å². The highest BCUT2D eigenvalue weighted by molar-refractivity contribution is 5.95. The van der Waals surface area contributed by atoms with E-state index in [9.17, 15) is 14.9 Å². The third-order valence-electron chi connectivity index (χ3n) is 3.68.